The highest BCUT2D eigenvalue weighted by atomic mass is 15.1. The average Bonchev–Trinajstić information content (AvgIpc) is 3.84. The Bertz CT molecular complexity index is 1010. The summed E-state index contributed by atoms with van der Waals surface area (Å²) in [7, 11) is 2.22. The zero-order chi connectivity index (χ0) is 52.4. The van der Waals surface area contributed by atoms with Crippen LogP contribution in [-0.2, 0) is 7.05 Å². The molecule has 0 saturated carbocycles. The van der Waals surface area contributed by atoms with E-state index >= 15 is 0 Å². The fourth-order valence-electron chi connectivity index (χ4n) is 12.7. The number of aryl methyl sites for hydroxylation is 1. The molecule has 0 atom stereocenters. The summed E-state index contributed by atoms with van der Waals surface area (Å²) in [5, 5.41) is 0. The molecule has 1 aromatic rings. The number of hydrogen-bond donors (Lipinski definition) is 0. The van der Waals surface area contributed by atoms with Crippen LogP contribution in [0.4, 0.5) is 0 Å². The summed E-state index contributed by atoms with van der Waals surface area (Å²) in [5.74, 6) is 1.95. The molecule has 0 fully saturated rings. The van der Waals surface area contributed by atoms with Crippen LogP contribution >= 0.6 is 0 Å². The molecule has 434 valence electrons. The van der Waals surface area contributed by atoms with Crippen LogP contribution in [0.5, 0.6) is 0 Å². The summed E-state index contributed by atoms with van der Waals surface area (Å²) in [6.45, 7) is 9.33. The van der Waals surface area contributed by atoms with Gasteiger partial charge < -0.3 is 0 Å². The zero-order valence-electron chi connectivity index (χ0n) is 51.8. The number of unbranched alkanes of at least 4 members (excludes halogenated alkanes) is 46. The predicted molar refractivity (Wildman–Crippen MR) is 331 cm³/mol. The summed E-state index contributed by atoms with van der Waals surface area (Å²) in [6.07, 6.45) is 94.9. The van der Waals surface area contributed by atoms with Crippen molar-refractivity contribution < 1.29 is 4.57 Å². The van der Waals surface area contributed by atoms with E-state index in [2.05, 4.69) is 62.6 Å². The first-order chi connectivity index (χ1) is 36.1. The van der Waals surface area contributed by atoms with Gasteiger partial charge in [-0.2, -0.15) is 0 Å². The van der Waals surface area contributed by atoms with Gasteiger partial charge in [-0.1, -0.05) is 387 Å². The van der Waals surface area contributed by atoms with E-state index in [0.717, 1.165) is 11.8 Å². The molecular weight excluding hydrogens is 881 g/mol. The minimum Gasteiger partial charge on any atom is -0.240 e. The number of imidazole rings is 1. The molecule has 1 aromatic heterocycles. The Labute approximate surface area is 463 Å². The van der Waals surface area contributed by atoms with Crippen LogP contribution in [0.1, 0.15) is 419 Å². The first-order valence-corrected chi connectivity index (χ1v) is 35.2. The Morgan fingerprint density at radius 1 is 0.247 bits per heavy atom. The van der Waals surface area contributed by atoms with Gasteiger partial charge in [0.05, 0.1) is 7.05 Å². The van der Waals surface area contributed by atoms with Gasteiger partial charge in [-0.25, -0.2) is 9.13 Å². The Balaban J connectivity index is 2.60. The molecule has 1 heterocycles. The van der Waals surface area contributed by atoms with E-state index in [1.165, 1.54) is 385 Å². The molecule has 0 aliphatic rings. The second kappa shape index (κ2) is 58.9. The topological polar surface area (TPSA) is 8.81 Å². The third-order valence-electron chi connectivity index (χ3n) is 17.9. The maximum absolute atomic E-state index is 2.60. The summed E-state index contributed by atoms with van der Waals surface area (Å²) in [6, 6.07) is 0.679. The molecule has 0 amide bonds. The van der Waals surface area contributed by atoms with Crippen molar-refractivity contribution in [1.29, 1.82) is 0 Å². The molecule has 0 aliphatic heterocycles. The van der Waals surface area contributed by atoms with E-state index in [4.69, 9.17) is 0 Å². The lowest BCUT2D eigenvalue weighted by Crippen LogP contribution is -2.24. The van der Waals surface area contributed by atoms with Crippen molar-refractivity contribution in [2.75, 3.05) is 0 Å². The van der Waals surface area contributed by atoms with Crippen LogP contribution in [0.2, 0.25) is 0 Å². The Morgan fingerprint density at radius 2 is 0.425 bits per heavy atom. The normalized spacial score (nSPS) is 12.0. The third kappa shape index (κ3) is 50.5. The smallest absolute Gasteiger partial charge is 0.240 e. The number of nitrogens with zero attached hydrogens (tertiary/aromatic N) is 2. The highest BCUT2D eigenvalue weighted by molar-refractivity contribution is 4.76. The molecule has 0 bridgehead atoms. The van der Waals surface area contributed by atoms with Crippen molar-refractivity contribution in [2.45, 2.75) is 419 Å². The number of aromatic nitrogens is 2. The van der Waals surface area contributed by atoms with Crippen LogP contribution in [0.15, 0.2) is 18.7 Å². The quantitative estimate of drug-likeness (QED) is 0.0454. The predicted octanol–water partition coefficient (Wildman–Crippen LogP) is 25.6. The van der Waals surface area contributed by atoms with E-state index in [0.29, 0.717) is 6.04 Å². The molecule has 0 radical (unpaired) electrons. The van der Waals surface area contributed by atoms with E-state index in [-0.39, 0.29) is 0 Å². The molecule has 73 heavy (non-hydrogen) atoms. The molecular formula is C71H141N2+. The van der Waals surface area contributed by atoms with Crippen LogP contribution in [0.3, 0.4) is 0 Å². The Kier molecular flexibility index (Phi) is 56.6. The van der Waals surface area contributed by atoms with E-state index < -0.39 is 0 Å². The maximum atomic E-state index is 2.60. The van der Waals surface area contributed by atoms with Crippen molar-refractivity contribution in [1.82, 2.24) is 4.57 Å². The van der Waals surface area contributed by atoms with Crippen molar-refractivity contribution in [2.24, 2.45) is 18.9 Å². The minimum absolute atomic E-state index is 0.679. The molecule has 0 aromatic carbocycles. The fourth-order valence-corrected chi connectivity index (χ4v) is 12.7. The molecule has 0 spiro atoms. The second-order valence-electron chi connectivity index (χ2n) is 25.2. The Hall–Kier alpha value is -0.790. The van der Waals surface area contributed by atoms with Crippen LogP contribution in [0.25, 0.3) is 0 Å². The lowest BCUT2D eigenvalue weighted by atomic mass is 9.88. The molecule has 0 N–H and O–H groups in total. The summed E-state index contributed by atoms with van der Waals surface area (Å²) in [5.41, 5.74) is 0. The SMILES string of the molecule is CCCCCCCCCCCCCCC(CCCCCCCCCCCCCC)CCCCC(CCCCC(CCCCCCCCCCCCCC)CCCCCCCCCCCCCC)n1cc[n+](C)c1. The molecule has 0 unspecified atom stereocenters. The van der Waals surface area contributed by atoms with Gasteiger partial charge in [0.15, 0.2) is 0 Å². The highest BCUT2D eigenvalue weighted by Gasteiger charge is 2.18. The van der Waals surface area contributed by atoms with Crippen molar-refractivity contribution in [3.05, 3.63) is 18.7 Å². The molecule has 0 saturated heterocycles. The van der Waals surface area contributed by atoms with E-state index in [1.54, 1.807) is 0 Å². The van der Waals surface area contributed by atoms with E-state index in [1.807, 2.05) is 0 Å². The van der Waals surface area contributed by atoms with Crippen molar-refractivity contribution in [3.63, 3.8) is 0 Å². The number of rotatable bonds is 63. The van der Waals surface area contributed by atoms with Crippen molar-refractivity contribution >= 4 is 0 Å². The van der Waals surface area contributed by atoms with Gasteiger partial charge in [-0.15, -0.1) is 0 Å². The van der Waals surface area contributed by atoms with Gasteiger partial charge in [-0.05, 0) is 37.5 Å². The van der Waals surface area contributed by atoms with Gasteiger partial charge in [0.1, 0.15) is 18.4 Å². The lowest BCUT2D eigenvalue weighted by molar-refractivity contribution is -0.671. The Morgan fingerprint density at radius 3 is 0.616 bits per heavy atom. The zero-order valence-corrected chi connectivity index (χ0v) is 51.8. The summed E-state index contributed by atoms with van der Waals surface area (Å²) in [4.78, 5) is 0. The summed E-state index contributed by atoms with van der Waals surface area (Å²) >= 11 is 0. The fraction of sp³-hybridized carbons (Fsp3) is 0.958. The van der Waals surface area contributed by atoms with Crippen LogP contribution < -0.4 is 4.57 Å². The van der Waals surface area contributed by atoms with Crippen LogP contribution in [-0.4, -0.2) is 4.57 Å². The lowest BCUT2D eigenvalue weighted by Gasteiger charge is -2.19. The van der Waals surface area contributed by atoms with Gasteiger partial charge in [0, 0.05) is 0 Å². The van der Waals surface area contributed by atoms with Crippen LogP contribution in [0, 0.1) is 11.8 Å². The third-order valence-corrected chi connectivity index (χ3v) is 17.9. The van der Waals surface area contributed by atoms with Gasteiger partial charge in [0.2, 0.25) is 6.33 Å². The minimum atomic E-state index is 0.679. The van der Waals surface area contributed by atoms with E-state index in [9.17, 15) is 0 Å². The maximum Gasteiger partial charge on any atom is 0.243 e. The molecule has 1 rings (SSSR count). The summed E-state index contributed by atoms with van der Waals surface area (Å²) < 4.78 is 4.89. The monoisotopic (exact) mass is 1020 g/mol. The number of hydrogen-bond acceptors (Lipinski definition) is 0. The second-order valence-corrected chi connectivity index (χ2v) is 25.2. The largest absolute Gasteiger partial charge is 0.243 e. The molecule has 2 heteroatoms. The van der Waals surface area contributed by atoms with Gasteiger partial charge >= 0.3 is 0 Å². The average molecular weight is 1020 g/mol. The first-order valence-electron chi connectivity index (χ1n) is 35.2. The van der Waals surface area contributed by atoms with Gasteiger partial charge in [-0.3, -0.25) is 0 Å². The van der Waals surface area contributed by atoms with Crippen molar-refractivity contribution in [3.8, 4) is 0 Å². The first kappa shape index (κ1) is 70.2. The molecule has 2 nitrogen and oxygen atoms in total. The van der Waals surface area contributed by atoms with Gasteiger partial charge in [0.25, 0.3) is 0 Å². The highest BCUT2D eigenvalue weighted by Crippen LogP contribution is 2.30. The molecule has 0 aliphatic carbocycles. The standard InChI is InChI=1S/C71H141N2/c1-6-10-14-18-22-26-30-34-38-42-46-50-58-69(59-51-47-43-39-35-31-27-23-19-15-11-7-2)62-54-56-64-71(73-67-66-72(5)68-73)65-57-55-63-70(60-52-48-44-40-36-32-28-24-20-16-12-8-3)61-53-49-45-41-37-33-29-25-21-17-13-9-4/h66-71H,6-65H2,1-5H3/q+1.